The Morgan fingerprint density at radius 2 is 1.97 bits per heavy atom. The maximum atomic E-state index is 13.4. The summed E-state index contributed by atoms with van der Waals surface area (Å²) < 4.78 is 46.9. The van der Waals surface area contributed by atoms with Crippen molar-refractivity contribution in [3.05, 3.63) is 72.1 Å². The Labute approximate surface area is 182 Å². The molecule has 1 N–H and O–H groups in total. The lowest BCUT2D eigenvalue weighted by Gasteiger charge is -2.28. The number of allylic oxidation sites excluding steroid dienone is 2. The number of carboxylic acids is 1. The Hall–Kier alpha value is -2.71. The minimum atomic E-state index is -3.83. The molecule has 0 aromatic heterocycles. The molecule has 8 heteroatoms. The van der Waals surface area contributed by atoms with Crippen molar-refractivity contribution in [2.75, 3.05) is 13.7 Å². The molecule has 1 fully saturated rings. The van der Waals surface area contributed by atoms with Crippen LogP contribution in [0.15, 0.2) is 65.6 Å². The van der Waals surface area contributed by atoms with Crippen molar-refractivity contribution in [3.63, 3.8) is 0 Å². The van der Waals surface area contributed by atoms with Crippen molar-refractivity contribution < 1.29 is 27.4 Å². The average molecular weight is 448 g/mol. The van der Waals surface area contributed by atoms with Crippen LogP contribution in [0.5, 0.6) is 5.75 Å². The number of hydrogen-bond donors (Lipinski definition) is 1. The van der Waals surface area contributed by atoms with Crippen LogP contribution in [-0.4, -0.2) is 37.5 Å². The summed E-state index contributed by atoms with van der Waals surface area (Å²) in [5.74, 6) is -0.687. The molecule has 0 saturated carbocycles. The van der Waals surface area contributed by atoms with Gasteiger partial charge in [0.15, 0.2) is 0 Å². The van der Waals surface area contributed by atoms with Crippen molar-refractivity contribution in [2.45, 2.75) is 36.6 Å². The van der Waals surface area contributed by atoms with Crippen molar-refractivity contribution in [1.82, 2.24) is 4.31 Å². The Morgan fingerprint density at radius 1 is 1.23 bits per heavy atom. The molecule has 0 bridgehead atoms. The molecule has 6 nitrogen and oxygen atoms in total. The molecule has 31 heavy (non-hydrogen) atoms. The van der Waals surface area contributed by atoms with E-state index in [1.165, 1.54) is 16.4 Å². The number of sulfonamides is 1. The van der Waals surface area contributed by atoms with E-state index < -0.39 is 27.9 Å². The summed E-state index contributed by atoms with van der Waals surface area (Å²) in [5, 5.41) is 8.77. The van der Waals surface area contributed by atoms with Gasteiger partial charge in [0.2, 0.25) is 10.0 Å². The number of methoxy groups -OCH3 is 1. The molecule has 0 aliphatic carbocycles. The van der Waals surface area contributed by atoms with Gasteiger partial charge in [0.05, 0.1) is 18.0 Å². The van der Waals surface area contributed by atoms with Crippen LogP contribution >= 0.6 is 0 Å². The highest BCUT2D eigenvalue weighted by molar-refractivity contribution is 7.89. The summed E-state index contributed by atoms with van der Waals surface area (Å²) in [7, 11) is -2.27. The Balaban J connectivity index is 1.90. The summed E-state index contributed by atoms with van der Waals surface area (Å²) in [5.41, 5.74) is 0.825. The molecule has 2 unspecified atom stereocenters. The molecule has 2 atom stereocenters. The lowest BCUT2D eigenvalue weighted by Crippen LogP contribution is -2.32. The van der Waals surface area contributed by atoms with Crippen molar-refractivity contribution in [1.29, 1.82) is 0 Å². The van der Waals surface area contributed by atoms with Crippen LogP contribution < -0.4 is 4.74 Å². The third-order valence-electron chi connectivity index (χ3n) is 5.46. The summed E-state index contributed by atoms with van der Waals surface area (Å²) in [6, 6.07) is 11.8. The second kappa shape index (κ2) is 10.1. The summed E-state index contributed by atoms with van der Waals surface area (Å²) >= 11 is 0. The van der Waals surface area contributed by atoms with Gasteiger partial charge in [-0.3, -0.25) is 4.79 Å². The fraction of sp³-hybridized carbons (Fsp3) is 0.348. The second-order valence-corrected chi connectivity index (χ2v) is 9.37. The van der Waals surface area contributed by atoms with Crippen LogP contribution in [-0.2, 0) is 14.8 Å². The minimum absolute atomic E-state index is 0.0170. The van der Waals surface area contributed by atoms with Crippen molar-refractivity contribution >= 4 is 16.0 Å². The van der Waals surface area contributed by atoms with E-state index in [0.717, 1.165) is 17.7 Å². The van der Waals surface area contributed by atoms with Gasteiger partial charge in [-0.1, -0.05) is 24.3 Å². The fourth-order valence-electron chi connectivity index (χ4n) is 3.94. The number of halogens is 1. The van der Waals surface area contributed by atoms with Gasteiger partial charge in [-0.25, -0.2) is 12.8 Å². The highest BCUT2D eigenvalue weighted by Gasteiger charge is 2.42. The van der Waals surface area contributed by atoms with Gasteiger partial charge in [0.1, 0.15) is 11.6 Å². The quantitative estimate of drug-likeness (QED) is 0.576. The zero-order valence-electron chi connectivity index (χ0n) is 17.3. The first-order chi connectivity index (χ1) is 14.8. The zero-order valence-corrected chi connectivity index (χ0v) is 18.1. The smallest absolute Gasteiger partial charge is 0.303 e. The van der Waals surface area contributed by atoms with Crippen LogP contribution in [0.1, 0.15) is 37.3 Å². The number of ether oxygens (including phenoxy) is 1. The van der Waals surface area contributed by atoms with E-state index in [1.807, 2.05) is 30.4 Å². The Kier molecular flexibility index (Phi) is 7.46. The molecular weight excluding hydrogens is 421 g/mol. The molecule has 0 spiro atoms. The summed E-state index contributed by atoms with van der Waals surface area (Å²) in [4.78, 5) is 10.7. The monoisotopic (exact) mass is 447 g/mol. The van der Waals surface area contributed by atoms with Crippen LogP contribution in [0.2, 0.25) is 0 Å². The molecule has 166 valence electrons. The van der Waals surface area contributed by atoms with Gasteiger partial charge in [-0.05, 0) is 67.1 Å². The number of benzene rings is 2. The molecule has 1 aliphatic heterocycles. The molecule has 0 amide bonds. The number of hydrogen-bond acceptors (Lipinski definition) is 4. The predicted octanol–water partition coefficient (Wildman–Crippen LogP) is 4.40. The highest BCUT2D eigenvalue weighted by Crippen LogP contribution is 2.43. The topological polar surface area (TPSA) is 83.9 Å². The number of carbonyl (C=O) groups is 1. The average Bonchev–Trinajstić information content (AvgIpc) is 3.18. The van der Waals surface area contributed by atoms with Crippen LogP contribution in [0.25, 0.3) is 0 Å². The highest BCUT2D eigenvalue weighted by atomic mass is 32.2. The molecule has 1 heterocycles. The first-order valence-corrected chi connectivity index (χ1v) is 11.5. The molecule has 1 aliphatic rings. The van der Waals surface area contributed by atoms with Gasteiger partial charge < -0.3 is 9.84 Å². The lowest BCUT2D eigenvalue weighted by atomic mass is 9.91. The molecule has 2 aromatic carbocycles. The van der Waals surface area contributed by atoms with E-state index in [0.29, 0.717) is 31.6 Å². The van der Waals surface area contributed by atoms with E-state index in [1.54, 1.807) is 13.2 Å². The Morgan fingerprint density at radius 3 is 2.65 bits per heavy atom. The molecule has 1 saturated heterocycles. The van der Waals surface area contributed by atoms with Crippen molar-refractivity contribution in [3.8, 4) is 5.75 Å². The first kappa shape index (κ1) is 23.0. The SMILES string of the molecule is COc1cccc(C2C(CC=CCCC(=O)O)CCN2S(=O)(=O)c2ccc(F)cc2)c1. The standard InChI is InChI=1S/C23H26FNO5S/c1-30-20-8-5-7-18(16-20)23-17(6-3-2-4-9-22(26)27)14-15-25(23)31(28,29)21-12-10-19(24)11-13-21/h2-3,5,7-8,10-13,16-17,23H,4,6,9,14-15H2,1H3,(H,26,27). The summed E-state index contributed by atoms with van der Waals surface area (Å²) in [6.07, 6.45) is 5.53. The number of rotatable bonds is 9. The molecule has 3 rings (SSSR count). The molecular formula is C23H26FNO5S. The molecule has 2 aromatic rings. The second-order valence-electron chi connectivity index (χ2n) is 7.48. The van der Waals surface area contributed by atoms with Crippen LogP contribution in [0.4, 0.5) is 4.39 Å². The molecule has 0 radical (unpaired) electrons. The Bertz CT molecular complexity index is 1040. The van der Waals surface area contributed by atoms with Gasteiger partial charge in [0.25, 0.3) is 0 Å². The van der Waals surface area contributed by atoms with E-state index in [4.69, 9.17) is 9.84 Å². The third-order valence-corrected chi connectivity index (χ3v) is 7.36. The van der Waals surface area contributed by atoms with E-state index in [-0.39, 0.29) is 17.2 Å². The van der Waals surface area contributed by atoms with E-state index in [9.17, 15) is 17.6 Å². The van der Waals surface area contributed by atoms with E-state index in [2.05, 4.69) is 0 Å². The van der Waals surface area contributed by atoms with E-state index >= 15 is 0 Å². The maximum Gasteiger partial charge on any atom is 0.303 e. The lowest BCUT2D eigenvalue weighted by molar-refractivity contribution is -0.136. The van der Waals surface area contributed by atoms with Gasteiger partial charge in [0, 0.05) is 13.0 Å². The minimum Gasteiger partial charge on any atom is -0.497 e. The van der Waals surface area contributed by atoms with Crippen molar-refractivity contribution in [2.24, 2.45) is 5.92 Å². The summed E-state index contributed by atoms with van der Waals surface area (Å²) in [6.45, 7) is 0.342. The van der Waals surface area contributed by atoms with Crippen LogP contribution in [0.3, 0.4) is 0 Å². The van der Waals surface area contributed by atoms with Gasteiger partial charge in [-0.2, -0.15) is 4.31 Å². The number of carboxylic acid groups (broad SMARTS) is 1. The predicted molar refractivity (Wildman–Crippen MR) is 115 cm³/mol. The maximum absolute atomic E-state index is 13.4. The van der Waals surface area contributed by atoms with Gasteiger partial charge in [-0.15, -0.1) is 0 Å². The van der Waals surface area contributed by atoms with Crippen LogP contribution in [0, 0.1) is 11.7 Å². The fourth-order valence-corrected chi connectivity index (χ4v) is 5.63. The zero-order chi connectivity index (χ0) is 22.4. The normalized spacial score (nSPS) is 19.7. The van der Waals surface area contributed by atoms with Gasteiger partial charge >= 0.3 is 5.97 Å². The number of nitrogens with zero attached hydrogens (tertiary/aromatic N) is 1. The first-order valence-electron chi connectivity index (χ1n) is 10.1. The third kappa shape index (κ3) is 5.51. The largest absolute Gasteiger partial charge is 0.497 e. The number of aliphatic carboxylic acids is 1.